The first-order valence-corrected chi connectivity index (χ1v) is 7.98. The summed E-state index contributed by atoms with van der Waals surface area (Å²) < 4.78 is 12.2. The van der Waals surface area contributed by atoms with Crippen LogP contribution in [0.3, 0.4) is 0 Å². The van der Waals surface area contributed by atoms with Crippen LogP contribution in [0.5, 0.6) is 11.5 Å². The number of aryl methyl sites for hydroxylation is 1. The van der Waals surface area contributed by atoms with Gasteiger partial charge in [0.1, 0.15) is 0 Å². The molecule has 1 aliphatic heterocycles. The van der Waals surface area contributed by atoms with E-state index in [0.717, 1.165) is 28.3 Å². The van der Waals surface area contributed by atoms with Crippen LogP contribution in [-0.2, 0) is 6.54 Å². The Bertz CT molecular complexity index is 964. The Kier molecular flexibility index (Phi) is 3.85. The zero-order valence-corrected chi connectivity index (χ0v) is 13.7. The van der Waals surface area contributed by atoms with Crippen molar-refractivity contribution >= 4 is 5.82 Å². The fraction of sp³-hybridized carbons (Fsp3) is 0.158. The average molecular weight is 335 g/mol. The molecule has 0 fully saturated rings. The van der Waals surface area contributed by atoms with Crippen molar-refractivity contribution in [1.29, 1.82) is 0 Å². The SMILES string of the molecule is Cc1ccc(-n2ccnc(NCc3ccc4c(c3)OCO4)c2=O)cc1. The van der Waals surface area contributed by atoms with Gasteiger partial charge in [0.2, 0.25) is 6.79 Å². The van der Waals surface area contributed by atoms with Gasteiger partial charge in [-0.2, -0.15) is 0 Å². The zero-order valence-electron chi connectivity index (χ0n) is 13.7. The van der Waals surface area contributed by atoms with Gasteiger partial charge in [-0.3, -0.25) is 9.36 Å². The second-order valence-electron chi connectivity index (χ2n) is 5.83. The molecule has 0 saturated heterocycles. The third kappa shape index (κ3) is 3.06. The van der Waals surface area contributed by atoms with Crippen LogP contribution in [0, 0.1) is 6.92 Å². The third-order valence-electron chi connectivity index (χ3n) is 4.05. The Balaban J connectivity index is 1.56. The predicted octanol–water partition coefficient (Wildman–Crippen LogP) is 2.88. The maximum Gasteiger partial charge on any atom is 0.297 e. The smallest absolute Gasteiger partial charge is 0.297 e. The minimum Gasteiger partial charge on any atom is -0.454 e. The van der Waals surface area contributed by atoms with Crippen molar-refractivity contribution in [1.82, 2.24) is 9.55 Å². The van der Waals surface area contributed by atoms with Crippen molar-refractivity contribution in [3.8, 4) is 17.2 Å². The lowest BCUT2D eigenvalue weighted by Crippen LogP contribution is -2.23. The highest BCUT2D eigenvalue weighted by molar-refractivity contribution is 5.46. The lowest BCUT2D eigenvalue weighted by atomic mass is 10.2. The maximum atomic E-state index is 12.7. The van der Waals surface area contributed by atoms with Gasteiger partial charge in [-0.25, -0.2) is 4.98 Å². The Morgan fingerprint density at radius 1 is 1.12 bits per heavy atom. The summed E-state index contributed by atoms with van der Waals surface area (Å²) in [4.78, 5) is 16.8. The highest BCUT2D eigenvalue weighted by atomic mass is 16.7. The second-order valence-corrected chi connectivity index (χ2v) is 5.83. The first kappa shape index (κ1) is 15.3. The van der Waals surface area contributed by atoms with Crippen LogP contribution in [-0.4, -0.2) is 16.3 Å². The summed E-state index contributed by atoms with van der Waals surface area (Å²) in [5, 5.41) is 3.10. The number of fused-ring (bicyclic) bond motifs is 1. The van der Waals surface area contributed by atoms with E-state index in [1.807, 2.05) is 49.4 Å². The van der Waals surface area contributed by atoms with Gasteiger partial charge in [-0.05, 0) is 36.8 Å². The fourth-order valence-electron chi connectivity index (χ4n) is 2.68. The minimum atomic E-state index is -0.188. The second kappa shape index (κ2) is 6.32. The molecule has 1 N–H and O–H groups in total. The van der Waals surface area contributed by atoms with Gasteiger partial charge in [0.05, 0.1) is 0 Å². The Morgan fingerprint density at radius 3 is 2.76 bits per heavy atom. The van der Waals surface area contributed by atoms with Crippen LogP contribution in [0.2, 0.25) is 0 Å². The first-order chi connectivity index (χ1) is 12.2. The number of hydrogen-bond donors (Lipinski definition) is 1. The number of nitrogens with one attached hydrogen (secondary N) is 1. The summed E-state index contributed by atoms with van der Waals surface area (Å²) in [6.45, 7) is 2.72. The summed E-state index contributed by atoms with van der Waals surface area (Å²) in [7, 11) is 0. The van der Waals surface area contributed by atoms with Crippen molar-refractivity contribution < 1.29 is 9.47 Å². The highest BCUT2D eigenvalue weighted by Gasteiger charge is 2.13. The van der Waals surface area contributed by atoms with Gasteiger partial charge >= 0.3 is 0 Å². The van der Waals surface area contributed by atoms with Gasteiger partial charge in [-0.15, -0.1) is 0 Å². The molecule has 1 aliphatic rings. The van der Waals surface area contributed by atoms with E-state index in [4.69, 9.17) is 9.47 Å². The van der Waals surface area contributed by atoms with Crippen LogP contribution < -0.4 is 20.3 Å². The van der Waals surface area contributed by atoms with E-state index in [2.05, 4.69) is 10.3 Å². The highest BCUT2D eigenvalue weighted by Crippen LogP contribution is 2.32. The number of nitrogens with zero attached hydrogens (tertiary/aromatic N) is 2. The van der Waals surface area contributed by atoms with E-state index in [-0.39, 0.29) is 12.4 Å². The topological polar surface area (TPSA) is 65.4 Å². The summed E-state index contributed by atoms with van der Waals surface area (Å²) in [5.41, 5.74) is 2.75. The first-order valence-electron chi connectivity index (χ1n) is 7.98. The van der Waals surface area contributed by atoms with Gasteiger partial charge in [0, 0.05) is 24.6 Å². The number of aromatic nitrogens is 2. The number of hydrogen-bond acceptors (Lipinski definition) is 5. The van der Waals surface area contributed by atoms with Gasteiger partial charge in [-0.1, -0.05) is 23.8 Å². The molecule has 2 aromatic carbocycles. The van der Waals surface area contributed by atoms with Crippen molar-refractivity contribution in [2.24, 2.45) is 0 Å². The van der Waals surface area contributed by atoms with Gasteiger partial charge in [0.15, 0.2) is 17.3 Å². The molecule has 25 heavy (non-hydrogen) atoms. The molecule has 0 unspecified atom stereocenters. The maximum absolute atomic E-state index is 12.7. The molecule has 0 spiro atoms. The molecule has 0 aliphatic carbocycles. The van der Waals surface area contributed by atoms with Crippen LogP contribution in [0.1, 0.15) is 11.1 Å². The quantitative estimate of drug-likeness (QED) is 0.794. The largest absolute Gasteiger partial charge is 0.454 e. The lowest BCUT2D eigenvalue weighted by Gasteiger charge is -2.10. The number of ether oxygens (including phenoxy) is 2. The molecule has 126 valence electrons. The van der Waals surface area contributed by atoms with Crippen LogP contribution in [0.25, 0.3) is 5.69 Å². The molecule has 0 amide bonds. The third-order valence-corrected chi connectivity index (χ3v) is 4.05. The summed E-state index contributed by atoms with van der Waals surface area (Å²) in [6.07, 6.45) is 3.28. The molecule has 1 aromatic heterocycles. The van der Waals surface area contributed by atoms with Crippen LogP contribution in [0.4, 0.5) is 5.82 Å². The normalized spacial score (nSPS) is 12.2. The van der Waals surface area contributed by atoms with Crippen molar-refractivity contribution in [3.05, 3.63) is 76.3 Å². The van der Waals surface area contributed by atoms with E-state index < -0.39 is 0 Å². The molecule has 4 rings (SSSR count). The summed E-state index contributed by atoms with van der Waals surface area (Å²) in [5.74, 6) is 1.77. The number of anilines is 1. The standard InChI is InChI=1S/C19H17N3O3/c1-13-2-5-15(6-3-13)22-9-8-20-18(19(22)23)21-11-14-4-7-16-17(10-14)25-12-24-16/h2-10H,11-12H2,1H3,(H,20,21). The van der Waals surface area contributed by atoms with E-state index in [1.165, 1.54) is 0 Å². The monoisotopic (exact) mass is 335 g/mol. The van der Waals surface area contributed by atoms with Gasteiger partial charge in [0.25, 0.3) is 5.56 Å². The van der Waals surface area contributed by atoms with E-state index >= 15 is 0 Å². The lowest BCUT2D eigenvalue weighted by molar-refractivity contribution is 0.174. The van der Waals surface area contributed by atoms with E-state index in [9.17, 15) is 4.79 Å². The zero-order chi connectivity index (χ0) is 17.2. The molecule has 0 radical (unpaired) electrons. The van der Waals surface area contributed by atoms with Crippen molar-refractivity contribution in [2.75, 3.05) is 12.1 Å². The Hall–Kier alpha value is -3.28. The molecule has 6 nitrogen and oxygen atoms in total. The van der Waals surface area contributed by atoms with Crippen LogP contribution >= 0.6 is 0 Å². The molecular weight excluding hydrogens is 318 g/mol. The van der Waals surface area contributed by atoms with Crippen LogP contribution in [0.15, 0.2) is 59.7 Å². The van der Waals surface area contributed by atoms with Crippen molar-refractivity contribution in [3.63, 3.8) is 0 Å². The molecular formula is C19H17N3O3. The number of benzene rings is 2. The molecule has 0 atom stereocenters. The summed E-state index contributed by atoms with van der Waals surface area (Å²) in [6, 6.07) is 13.5. The summed E-state index contributed by atoms with van der Waals surface area (Å²) >= 11 is 0. The minimum absolute atomic E-state index is 0.188. The molecule has 2 heterocycles. The number of rotatable bonds is 4. The van der Waals surface area contributed by atoms with E-state index in [1.54, 1.807) is 17.0 Å². The average Bonchev–Trinajstić information content (AvgIpc) is 3.09. The molecule has 0 bridgehead atoms. The molecule has 3 aromatic rings. The molecule has 6 heteroatoms. The fourth-order valence-corrected chi connectivity index (χ4v) is 2.68. The molecule has 0 saturated carbocycles. The van der Waals surface area contributed by atoms with Crippen molar-refractivity contribution in [2.45, 2.75) is 13.5 Å². The van der Waals surface area contributed by atoms with E-state index in [0.29, 0.717) is 12.4 Å². The predicted molar refractivity (Wildman–Crippen MR) is 94.5 cm³/mol. The van der Waals surface area contributed by atoms with Gasteiger partial charge < -0.3 is 14.8 Å². The Labute approximate surface area is 144 Å². The Morgan fingerprint density at radius 2 is 1.92 bits per heavy atom.